The molecule has 0 unspecified atom stereocenters. The van der Waals surface area contributed by atoms with E-state index < -0.39 is 0 Å². The number of piperazine rings is 1. The van der Waals surface area contributed by atoms with E-state index in [1.165, 1.54) is 5.57 Å². The standard InChI is InChI=1S/C10H19ClN2O/c1-10(8-11)9-13-4-2-12(3-5-13)6-7-14/h8,14H,2-7,9H2,1H3. The number of β-amino-alcohol motifs (C(OH)–C–C–N with tert-alkyl or cyclic N) is 1. The minimum Gasteiger partial charge on any atom is -0.395 e. The highest BCUT2D eigenvalue weighted by Gasteiger charge is 2.15. The van der Waals surface area contributed by atoms with Crippen molar-refractivity contribution in [2.45, 2.75) is 6.92 Å². The van der Waals surface area contributed by atoms with Crippen molar-refractivity contribution in [3.8, 4) is 0 Å². The average molecular weight is 219 g/mol. The van der Waals surface area contributed by atoms with Gasteiger partial charge in [0, 0.05) is 44.8 Å². The molecule has 1 fully saturated rings. The number of aliphatic hydroxyl groups excluding tert-OH is 1. The van der Waals surface area contributed by atoms with E-state index >= 15 is 0 Å². The fourth-order valence-electron chi connectivity index (χ4n) is 1.70. The third-order valence-electron chi connectivity index (χ3n) is 2.54. The predicted octanol–water partition coefficient (Wildman–Crippen LogP) is 0.739. The maximum absolute atomic E-state index is 8.79. The van der Waals surface area contributed by atoms with Crippen LogP contribution >= 0.6 is 11.6 Å². The SMILES string of the molecule is CC(=CCl)CN1CCN(CCO)CC1. The highest BCUT2D eigenvalue weighted by molar-refractivity contribution is 6.25. The topological polar surface area (TPSA) is 26.7 Å². The van der Waals surface area contributed by atoms with Crippen molar-refractivity contribution < 1.29 is 5.11 Å². The van der Waals surface area contributed by atoms with Gasteiger partial charge >= 0.3 is 0 Å². The van der Waals surface area contributed by atoms with E-state index in [4.69, 9.17) is 16.7 Å². The molecule has 1 rings (SSSR count). The Morgan fingerprint density at radius 1 is 1.29 bits per heavy atom. The summed E-state index contributed by atoms with van der Waals surface area (Å²) in [5.74, 6) is 0. The molecule has 1 saturated heterocycles. The molecule has 14 heavy (non-hydrogen) atoms. The lowest BCUT2D eigenvalue weighted by Gasteiger charge is -2.34. The summed E-state index contributed by atoms with van der Waals surface area (Å²) in [7, 11) is 0. The first-order chi connectivity index (χ1) is 6.76. The molecule has 0 radical (unpaired) electrons. The van der Waals surface area contributed by atoms with E-state index in [-0.39, 0.29) is 6.61 Å². The molecule has 0 bridgehead atoms. The molecule has 82 valence electrons. The molecular weight excluding hydrogens is 200 g/mol. The summed E-state index contributed by atoms with van der Waals surface area (Å²) in [6.45, 7) is 8.33. The molecule has 0 aromatic carbocycles. The van der Waals surface area contributed by atoms with Crippen LogP contribution in [-0.4, -0.2) is 60.8 Å². The van der Waals surface area contributed by atoms with Gasteiger partial charge in [0.15, 0.2) is 0 Å². The Hall–Kier alpha value is -0.0900. The van der Waals surface area contributed by atoms with E-state index in [0.717, 1.165) is 39.3 Å². The Morgan fingerprint density at radius 2 is 1.86 bits per heavy atom. The van der Waals surface area contributed by atoms with Gasteiger partial charge in [0.05, 0.1) is 6.61 Å². The minimum atomic E-state index is 0.264. The first kappa shape index (κ1) is 12.0. The second kappa shape index (κ2) is 6.40. The van der Waals surface area contributed by atoms with Gasteiger partial charge in [-0.1, -0.05) is 11.6 Å². The van der Waals surface area contributed by atoms with Crippen molar-refractivity contribution in [2.75, 3.05) is 45.9 Å². The molecule has 1 aliphatic heterocycles. The third kappa shape index (κ3) is 3.96. The third-order valence-corrected chi connectivity index (χ3v) is 2.91. The van der Waals surface area contributed by atoms with Crippen LogP contribution in [0, 0.1) is 0 Å². The smallest absolute Gasteiger partial charge is 0.0558 e. The first-order valence-corrected chi connectivity index (χ1v) is 5.51. The molecule has 1 heterocycles. The number of hydrogen-bond acceptors (Lipinski definition) is 3. The van der Waals surface area contributed by atoms with E-state index in [9.17, 15) is 0 Å². The number of nitrogens with zero attached hydrogens (tertiary/aromatic N) is 2. The Bertz CT molecular complexity index is 189. The molecular formula is C10H19ClN2O. The van der Waals surface area contributed by atoms with Crippen molar-refractivity contribution in [3.63, 3.8) is 0 Å². The second-order valence-electron chi connectivity index (χ2n) is 3.80. The molecule has 0 aromatic heterocycles. The van der Waals surface area contributed by atoms with Crippen molar-refractivity contribution in [1.29, 1.82) is 0 Å². The highest BCUT2D eigenvalue weighted by atomic mass is 35.5. The van der Waals surface area contributed by atoms with Gasteiger partial charge in [-0.05, 0) is 12.5 Å². The summed E-state index contributed by atoms with van der Waals surface area (Å²) in [4.78, 5) is 4.68. The molecule has 3 nitrogen and oxygen atoms in total. The maximum atomic E-state index is 8.79. The summed E-state index contributed by atoms with van der Waals surface area (Å²) < 4.78 is 0. The first-order valence-electron chi connectivity index (χ1n) is 5.07. The predicted molar refractivity (Wildman–Crippen MR) is 59.6 cm³/mol. The normalized spacial score (nSPS) is 21.5. The van der Waals surface area contributed by atoms with Crippen molar-refractivity contribution in [3.05, 3.63) is 11.1 Å². The van der Waals surface area contributed by atoms with Crippen molar-refractivity contribution in [2.24, 2.45) is 0 Å². The monoisotopic (exact) mass is 218 g/mol. The van der Waals surface area contributed by atoms with Crippen LogP contribution in [0.3, 0.4) is 0 Å². The second-order valence-corrected chi connectivity index (χ2v) is 4.02. The molecule has 4 heteroatoms. The molecule has 0 spiro atoms. The van der Waals surface area contributed by atoms with Crippen LogP contribution in [0.5, 0.6) is 0 Å². The lowest BCUT2D eigenvalue weighted by molar-refractivity contribution is 0.118. The van der Waals surface area contributed by atoms with Crippen molar-refractivity contribution in [1.82, 2.24) is 9.80 Å². The Balaban J connectivity index is 2.22. The van der Waals surface area contributed by atoms with E-state index in [1.807, 2.05) is 6.92 Å². The van der Waals surface area contributed by atoms with Gasteiger partial charge in [-0.3, -0.25) is 9.80 Å². The van der Waals surface area contributed by atoms with E-state index in [1.54, 1.807) is 5.54 Å². The summed E-state index contributed by atoms with van der Waals surface area (Å²) in [5.41, 5.74) is 2.86. The fourth-order valence-corrected chi connectivity index (χ4v) is 1.77. The zero-order valence-corrected chi connectivity index (χ0v) is 9.50. The van der Waals surface area contributed by atoms with Gasteiger partial charge in [-0.2, -0.15) is 0 Å². The zero-order chi connectivity index (χ0) is 10.4. The van der Waals surface area contributed by atoms with Crippen LogP contribution < -0.4 is 0 Å². The molecule has 0 atom stereocenters. The summed E-state index contributed by atoms with van der Waals surface area (Å²) in [5, 5.41) is 8.79. The molecule has 0 aromatic rings. The molecule has 1 N–H and O–H groups in total. The quantitative estimate of drug-likeness (QED) is 0.754. The average Bonchev–Trinajstić information content (AvgIpc) is 2.21. The van der Waals surface area contributed by atoms with Crippen LogP contribution in [0.15, 0.2) is 11.1 Å². The van der Waals surface area contributed by atoms with Gasteiger partial charge < -0.3 is 5.11 Å². The van der Waals surface area contributed by atoms with Gasteiger partial charge in [0.1, 0.15) is 0 Å². The molecule has 1 aliphatic rings. The van der Waals surface area contributed by atoms with Crippen LogP contribution in [0.25, 0.3) is 0 Å². The van der Waals surface area contributed by atoms with Gasteiger partial charge in [-0.25, -0.2) is 0 Å². The number of rotatable bonds is 4. The van der Waals surface area contributed by atoms with Gasteiger partial charge in [0.25, 0.3) is 0 Å². The van der Waals surface area contributed by atoms with E-state index in [2.05, 4.69) is 9.80 Å². The number of halogens is 1. The van der Waals surface area contributed by atoms with Gasteiger partial charge in [-0.15, -0.1) is 0 Å². The van der Waals surface area contributed by atoms with Crippen LogP contribution in [0.1, 0.15) is 6.92 Å². The summed E-state index contributed by atoms with van der Waals surface area (Å²) >= 11 is 5.62. The van der Waals surface area contributed by atoms with Crippen LogP contribution in [0.2, 0.25) is 0 Å². The van der Waals surface area contributed by atoms with Crippen molar-refractivity contribution >= 4 is 11.6 Å². The summed E-state index contributed by atoms with van der Waals surface area (Å²) in [6, 6.07) is 0. The van der Waals surface area contributed by atoms with Gasteiger partial charge in [0.2, 0.25) is 0 Å². The van der Waals surface area contributed by atoms with Crippen LogP contribution in [0.4, 0.5) is 0 Å². The van der Waals surface area contributed by atoms with E-state index in [0.29, 0.717) is 0 Å². The molecule has 0 aliphatic carbocycles. The Kier molecular flexibility index (Phi) is 5.48. The molecule has 0 amide bonds. The lowest BCUT2D eigenvalue weighted by Crippen LogP contribution is -2.47. The number of aliphatic hydroxyl groups is 1. The highest BCUT2D eigenvalue weighted by Crippen LogP contribution is 2.05. The maximum Gasteiger partial charge on any atom is 0.0558 e. The fraction of sp³-hybridized carbons (Fsp3) is 0.800. The number of hydrogen-bond donors (Lipinski definition) is 1. The largest absolute Gasteiger partial charge is 0.395 e. The minimum absolute atomic E-state index is 0.264. The molecule has 0 saturated carbocycles. The Morgan fingerprint density at radius 3 is 2.36 bits per heavy atom. The van der Waals surface area contributed by atoms with Crippen LogP contribution in [-0.2, 0) is 0 Å². The zero-order valence-electron chi connectivity index (χ0n) is 8.75. The lowest BCUT2D eigenvalue weighted by atomic mass is 10.2. The summed E-state index contributed by atoms with van der Waals surface area (Å²) in [6.07, 6.45) is 0. The Labute approximate surface area is 90.9 Å².